The number of ether oxygens (including phenoxy) is 2. The Bertz CT molecular complexity index is 1270. The zero-order valence-corrected chi connectivity index (χ0v) is 19.5. The number of ketones is 1. The van der Waals surface area contributed by atoms with Crippen molar-refractivity contribution in [3.8, 4) is 11.5 Å². The molecule has 3 heterocycles. The molecule has 2 aliphatic rings. The Balaban J connectivity index is 1.38. The number of nitrogens with one attached hydrogen (secondary N) is 1. The van der Waals surface area contributed by atoms with Crippen molar-refractivity contribution in [3.63, 3.8) is 0 Å². The molecule has 8 nitrogen and oxygen atoms in total. The number of rotatable bonds is 7. The monoisotopic (exact) mass is 502 g/mol. The summed E-state index contributed by atoms with van der Waals surface area (Å²) in [5.74, 6) is -2.44. The summed E-state index contributed by atoms with van der Waals surface area (Å²) in [7, 11) is 0. The maximum Gasteiger partial charge on any atom is 0.296 e. The summed E-state index contributed by atoms with van der Waals surface area (Å²) in [6, 6.07) is 8.14. The molecule has 35 heavy (non-hydrogen) atoms. The van der Waals surface area contributed by atoms with E-state index >= 15 is 0 Å². The van der Waals surface area contributed by atoms with Gasteiger partial charge in [-0.15, -0.1) is 0 Å². The Morgan fingerprint density at radius 1 is 1.11 bits per heavy atom. The summed E-state index contributed by atoms with van der Waals surface area (Å²) in [5, 5.41) is 14.9. The highest BCUT2D eigenvalue weighted by atomic mass is 35.5. The number of hydrogen-bond donors (Lipinski definition) is 2. The fourth-order valence-corrected chi connectivity index (χ4v) is 4.63. The first-order valence-electron chi connectivity index (χ1n) is 11.4. The number of aliphatic hydroxyl groups excluding tert-OH is 1. The Kier molecular flexibility index (Phi) is 6.64. The Hall–Kier alpha value is -3.14. The van der Waals surface area contributed by atoms with E-state index in [0.717, 1.165) is 32.0 Å². The molecule has 5 rings (SSSR count). The number of fused-ring (bicyclic) bond motifs is 2. The maximum atomic E-state index is 14.6. The van der Waals surface area contributed by atoms with Gasteiger partial charge in [0.15, 0.2) is 23.1 Å². The molecule has 3 aromatic rings. The third-order valence-corrected chi connectivity index (χ3v) is 6.46. The van der Waals surface area contributed by atoms with Crippen LogP contribution in [-0.4, -0.2) is 60.6 Å². The number of Topliss-reactive ketones (excluding diaryl/α,β-unsaturated/α-hetero) is 1. The number of carbonyl (C=O) groups is 2. The molecule has 2 aliphatic heterocycles. The Morgan fingerprint density at radius 3 is 2.69 bits per heavy atom. The van der Waals surface area contributed by atoms with Gasteiger partial charge in [-0.1, -0.05) is 11.6 Å². The summed E-state index contributed by atoms with van der Waals surface area (Å²) >= 11 is 5.97. The highest BCUT2D eigenvalue weighted by Crippen LogP contribution is 2.36. The molecule has 0 saturated carbocycles. The van der Waals surface area contributed by atoms with Gasteiger partial charge in [-0.3, -0.25) is 9.59 Å². The zero-order valence-electron chi connectivity index (χ0n) is 18.8. The third kappa shape index (κ3) is 4.98. The van der Waals surface area contributed by atoms with Crippen LogP contribution in [0.15, 0.2) is 40.8 Å². The average Bonchev–Trinajstić information content (AvgIpc) is 3.52. The summed E-state index contributed by atoms with van der Waals surface area (Å²) in [5.41, 5.74) is 0.594. The smallest absolute Gasteiger partial charge is 0.296 e. The molecule has 0 radical (unpaired) electrons. The number of likely N-dealkylation sites (tertiary alicyclic amines) is 1. The van der Waals surface area contributed by atoms with Crippen LogP contribution in [0.2, 0.25) is 5.02 Å². The van der Waals surface area contributed by atoms with Gasteiger partial charge < -0.3 is 29.2 Å². The first-order chi connectivity index (χ1) is 16.9. The van der Waals surface area contributed by atoms with Crippen LogP contribution in [-0.2, 0) is 4.79 Å². The highest BCUT2D eigenvalue weighted by Gasteiger charge is 2.31. The van der Waals surface area contributed by atoms with Crippen molar-refractivity contribution in [1.82, 2.24) is 10.2 Å². The molecule has 0 spiro atoms. The lowest BCUT2D eigenvalue weighted by atomic mass is 10.00. The molecular formula is C25H24ClFN2O6. The van der Waals surface area contributed by atoms with E-state index in [0.29, 0.717) is 16.0 Å². The standard InChI is InChI=1S/C25H24ClFN2O6/c26-16-4-3-14-10-20(35-19(14)12-16)23(31)25(32)28-18(13-29-5-1-2-6-29)22(30)15-9-17(27)24-21(11-15)33-7-8-34-24/h3-4,9-12,18,22,30H,1-2,5-8,13H2,(H,28,32). The van der Waals surface area contributed by atoms with Gasteiger partial charge in [-0.2, -0.15) is 0 Å². The quantitative estimate of drug-likeness (QED) is 0.376. The van der Waals surface area contributed by atoms with Gasteiger partial charge in [-0.05, 0) is 61.8 Å². The van der Waals surface area contributed by atoms with E-state index in [4.69, 9.17) is 25.5 Å². The molecular weight excluding hydrogens is 479 g/mol. The number of halogens is 2. The van der Waals surface area contributed by atoms with E-state index in [1.165, 1.54) is 12.1 Å². The molecule has 1 amide bonds. The van der Waals surface area contributed by atoms with Gasteiger partial charge in [0.1, 0.15) is 24.9 Å². The Labute approximate surface area is 205 Å². The van der Waals surface area contributed by atoms with Crippen LogP contribution < -0.4 is 14.8 Å². The molecule has 2 unspecified atom stereocenters. The van der Waals surface area contributed by atoms with Crippen molar-refractivity contribution in [3.05, 3.63) is 58.6 Å². The van der Waals surface area contributed by atoms with Gasteiger partial charge in [-0.25, -0.2) is 4.39 Å². The van der Waals surface area contributed by atoms with Crippen LogP contribution in [0.1, 0.15) is 35.1 Å². The summed E-state index contributed by atoms with van der Waals surface area (Å²) < 4.78 is 30.9. The molecule has 1 fully saturated rings. The van der Waals surface area contributed by atoms with Gasteiger partial charge >= 0.3 is 0 Å². The summed E-state index contributed by atoms with van der Waals surface area (Å²) in [6.07, 6.45) is 0.693. The van der Waals surface area contributed by atoms with Crippen LogP contribution in [0.5, 0.6) is 11.5 Å². The van der Waals surface area contributed by atoms with Crippen LogP contribution in [0, 0.1) is 5.82 Å². The van der Waals surface area contributed by atoms with Crippen LogP contribution in [0.25, 0.3) is 11.0 Å². The fourth-order valence-electron chi connectivity index (χ4n) is 4.46. The predicted molar refractivity (Wildman–Crippen MR) is 126 cm³/mol. The molecule has 1 aromatic heterocycles. The first-order valence-corrected chi connectivity index (χ1v) is 11.8. The first kappa shape index (κ1) is 23.6. The van der Waals surface area contributed by atoms with Gasteiger partial charge in [0.2, 0.25) is 0 Å². The van der Waals surface area contributed by atoms with Gasteiger partial charge in [0.05, 0.1) is 6.04 Å². The summed E-state index contributed by atoms with van der Waals surface area (Å²) in [4.78, 5) is 27.8. The highest BCUT2D eigenvalue weighted by molar-refractivity contribution is 6.42. The molecule has 2 atom stereocenters. The minimum Gasteiger partial charge on any atom is -0.486 e. The lowest BCUT2D eigenvalue weighted by molar-refractivity contribution is -0.118. The predicted octanol–water partition coefficient (Wildman–Crippen LogP) is 3.49. The van der Waals surface area contributed by atoms with Crippen molar-refractivity contribution >= 4 is 34.3 Å². The van der Waals surface area contributed by atoms with Crippen LogP contribution in [0.3, 0.4) is 0 Å². The SMILES string of the molecule is O=C(NC(CN1CCCC1)C(O)c1cc(F)c2c(c1)OCCO2)C(=O)c1cc2ccc(Cl)cc2o1. The van der Waals surface area contributed by atoms with E-state index in [1.54, 1.807) is 18.2 Å². The third-order valence-electron chi connectivity index (χ3n) is 6.22. The lowest BCUT2D eigenvalue weighted by Gasteiger charge is -2.29. The fraction of sp³-hybridized carbons (Fsp3) is 0.360. The molecule has 0 bridgehead atoms. The second-order valence-corrected chi connectivity index (χ2v) is 9.12. The van der Waals surface area contributed by atoms with E-state index in [1.807, 2.05) is 0 Å². The van der Waals surface area contributed by atoms with E-state index in [9.17, 15) is 19.1 Å². The molecule has 1 saturated heterocycles. The van der Waals surface area contributed by atoms with Crippen molar-refractivity contribution in [2.75, 3.05) is 32.8 Å². The largest absolute Gasteiger partial charge is 0.486 e. The maximum absolute atomic E-state index is 14.6. The van der Waals surface area contributed by atoms with Crippen LogP contribution >= 0.6 is 11.6 Å². The molecule has 2 N–H and O–H groups in total. The number of furan rings is 1. The summed E-state index contributed by atoms with van der Waals surface area (Å²) in [6.45, 7) is 2.37. The second kappa shape index (κ2) is 9.85. The van der Waals surface area contributed by atoms with Crippen molar-refractivity contribution in [2.45, 2.75) is 25.0 Å². The minimum absolute atomic E-state index is 0.00695. The van der Waals surface area contributed by atoms with Crippen molar-refractivity contribution < 1.29 is 33.0 Å². The number of amides is 1. The molecule has 2 aromatic carbocycles. The van der Waals surface area contributed by atoms with Crippen molar-refractivity contribution in [2.24, 2.45) is 0 Å². The molecule has 10 heteroatoms. The van der Waals surface area contributed by atoms with Crippen molar-refractivity contribution in [1.29, 1.82) is 0 Å². The lowest BCUT2D eigenvalue weighted by Crippen LogP contribution is -2.48. The number of benzene rings is 2. The second-order valence-electron chi connectivity index (χ2n) is 8.68. The normalized spacial score (nSPS) is 17.3. The number of aliphatic hydroxyl groups is 1. The van der Waals surface area contributed by atoms with Crippen LogP contribution in [0.4, 0.5) is 4.39 Å². The Morgan fingerprint density at radius 2 is 1.89 bits per heavy atom. The molecule has 184 valence electrons. The van der Waals surface area contributed by atoms with E-state index in [-0.39, 0.29) is 42.6 Å². The molecule has 0 aliphatic carbocycles. The zero-order chi connectivity index (χ0) is 24.5. The number of nitrogens with zero attached hydrogens (tertiary/aromatic N) is 1. The average molecular weight is 503 g/mol. The van der Waals surface area contributed by atoms with E-state index in [2.05, 4.69) is 10.2 Å². The van der Waals surface area contributed by atoms with Gasteiger partial charge in [0, 0.05) is 23.0 Å². The number of hydrogen-bond acceptors (Lipinski definition) is 7. The number of carbonyl (C=O) groups excluding carboxylic acids is 2. The minimum atomic E-state index is -1.30. The van der Waals surface area contributed by atoms with E-state index < -0.39 is 29.7 Å². The van der Waals surface area contributed by atoms with Gasteiger partial charge in [0.25, 0.3) is 11.7 Å². The topological polar surface area (TPSA) is 101 Å².